The van der Waals surface area contributed by atoms with Crippen molar-refractivity contribution in [2.24, 2.45) is 5.92 Å². The minimum Gasteiger partial charge on any atom is -0.300 e. The number of hydrogen-bond donors (Lipinski definition) is 0. The van der Waals surface area contributed by atoms with Crippen LogP contribution < -0.4 is 0 Å². The Morgan fingerprint density at radius 2 is 2.18 bits per heavy atom. The Morgan fingerprint density at radius 3 is 2.55 bits per heavy atom. The summed E-state index contributed by atoms with van der Waals surface area (Å²) in [5.41, 5.74) is 0. The van der Waals surface area contributed by atoms with Crippen molar-refractivity contribution in [3.63, 3.8) is 0 Å². The lowest BCUT2D eigenvalue weighted by atomic mass is 9.87. The highest BCUT2D eigenvalue weighted by atomic mass is 15.2. The van der Waals surface area contributed by atoms with Gasteiger partial charge in [-0.2, -0.15) is 0 Å². The van der Waals surface area contributed by atoms with E-state index in [9.17, 15) is 0 Å². The van der Waals surface area contributed by atoms with Gasteiger partial charge in [-0.3, -0.25) is 0 Å². The summed E-state index contributed by atoms with van der Waals surface area (Å²) in [5.74, 6) is 0.925. The molecule has 1 saturated heterocycles. The van der Waals surface area contributed by atoms with Crippen LogP contribution in [0, 0.1) is 5.92 Å². The van der Waals surface area contributed by atoms with Crippen molar-refractivity contribution in [2.75, 3.05) is 13.1 Å². The first kappa shape index (κ1) is 9.05. The van der Waals surface area contributed by atoms with E-state index < -0.39 is 0 Å². The number of rotatable bonds is 4. The Balaban J connectivity index is 2.24. The molecule has 11 heavy (non-hydrogen) atoms. The van der Waals surface area contributed by atoms with E-state index in [4.69, 9.17) is 0 Å². The maximum absolute atomic E-state index is 2.60. The standard InChI is InChI=1S/C10H21N/c1-4-6-9(3)10-7-8-11(10)5-2/h9-10H,4-8H2,1-3H3. The fraction of sp³-hybridized carbons (Fsp3) is 1.00. The lowest BCUT2D eigenvalue weighted by Gasteiger charge is -2.44. The minimum absolute atomic E-state index is 0.917. The molecule has 0 aromatic carbocycles. The molecule has 0 spiro atoms. The molecular weight excluding hydrogens is 134 g/mol. The molecular formula is C10H21N. The molecule has 0 aliphatic carbocycles. The van der Waals surface area contributed by atoms with Gasteiger partial charge in [0, 0.05) is 6.04 Å². The molecule has 0 amide bonds. The third-order valence-electron chi connectivity index (χ3n) is 2.99. The van der Waals surface area contributed by atoms with Crippen molar-refractivity contribution in [3.05, 3.63) is 0 Å². The zero-order chi connectivity index (χ0) is 8.27. The highest BCUT2D eigenvalue weighted by molar-refractivity contribution is 4.85. The molecule has 1 aliphatic rings. The first-order valence-electron chi connectivity index (χ1n) is 5.03. The Hall–Kier alpha value is -0.0400. The minimum atomic E-state index is 0.917. The summed E-state index contributed by atoms with van der Waals surface area (Å²) < 4.78 is 0. The largest absolute Gasteiger partial charge is 0.300 e. The Morgan fingerprint density at radius 1 is 1.45 bits per heavy atom. The van der Waals surface area contributed by atoms with E-state index in [1.54, 1.807) is 0 Å². The smallest absolute Gasteiger partial charge is 0.0133 e. The van der Waals surface area contributed by atoms with E-state index in [0.29, 0.717) is 0 Å². The normalized spacial score (nSPS) is 28.1. The van der Waals surface area contributed by atoms with Gasteiger partial charge in [0.25, 0.3) is 0 Å². The third kappa shape index (κ3) is 1.96. The fourth-order valence-corrected chi connectivity index (χ4v) is 2.15. The fourth-order valence-electron chi connectivity index (χ4n) is 2.15. The quantitative estimate of drug-likeness (QED) is 0.603. The highest BCUT2D eigenvalue weighted by Gasteiger charge is 2.30. The molecule has 0 radical (unpaired) electrons. The summed E-state index contributed by atoms with van der Waals surface area (Å²) in [4.78, 5) is 2.60. The third-order valence-corrected chi connectivity index (χ3v) is 2.99. The molecule has 2 unspecified atom stereocenters. The summed E-state index contributed by atoms with van der Waals surface area (Å²) in [5, 5.41) is 0. The molecule has 1 heteroatoms. The van der Waals surface area contributed by atoms with Gasteiger partial charge in [-0.05, 0) is 31.8 Å². The van der Waals surface area contributed by atoms with E-state index in [2.05, 4.69) is 25.7 Å². The van der Waals surface area contributed by atoms with Crippen molar-refractivity contribution in [1.29, 1.82) is 0 Å². The van der Waals surface area contributed by atoms with Crippen molar-refractivity contribution >= 4 is 0 Å². The molecule has 1 fully saturated rings. The molecule has 1 rings (SSSR count). The first-order chi connectivity index (χ1) is 5.29. The van der Waals surface area contributed by atoms with E-state index >= 15 is 0 Å². The van der Waals surface area contributed by atoms with Crippen LogP contribution in [0.1, 0.15) is 40.0 Å². The van der Waals surface area contributed by atoms with Gasteiger partial charge in [-0.25, -0.2) is 0 Å². The van der Waals surface area contributed by atoms with Crippen molar-refractivity contribution in [3.8, 4) is 0 Å². The molecule has 0 N–H and O–H groups in total. The van der Waals surface area contributed by atoms with Gasteiger partial charge >= 0.3 is 0 Å². The Kier molecular flexibility index (Phi) is 3.38. The first-order valence-corrected chi connectivity index (χ1v) is 5.03. The van der Waals surface area contributed by atoms with Crippen LogP contribution in [-0.2, 0) is 0 Å². The van der Waals surface area contributed by atoms with Gasteiger partial charge in [-0.15, -0.1) is 0 Å². The predicted octanol–water partition coefficient (Wildman–Crippen LogP) is 2.52. The molecule has 0 bridgehead atoms. The van der Waals surface area contributed by atoms with Crippen LogP contribution in [-0.4, -0.2) is 24.0 Å². The van der Waals surface area contributed by atoms with Crippen molar-refractivity contribution in [2.45, 2.75) is 46.1 Å². The van der Waals surface area contributed by atoms with E-state index in [-0.39, 0.29) is 0 Å². The number of likely N-dealkylation sites (tertiary alicyclic amines) is 1. The van der Waals surface area contributed by atoms with Gasteiger partial charge in [0.2, 0.25) is 0 Å². The number of nitrogens with zero attached hydrogens (tertiary/aromatic N) is 1. The van der Waals surface area contributed by atoms with E-state index in [0.717, 1.165) is 12.0 Å². The van der Waals surface area contributed by atoms with Crippen LogP contribution in [0.4, 0.5) is 0 Å². The lowest BCUT2D eigenvalue weighted by molar-refractivity contribution is 0.0529. The van der Waals surface area contributed by atoms with Crippen LogP contribution >= 0.6 is 0 Å². The monoisotopic (exact) mass is 155 g/mol. The highest BCUT2D eigenvalue weighted by Crippen LogP contribution is 2.26. The SMILES string of the molecule is CCCC(C)C1CCN1CC. The second-order valence-electron chi connectivity index (χ2n) is 3.75. The lowest BCUT2D eigenvalue weighted by Crippen LogP contribution is -2.50. The van der Waals surface area contributed by atoms with Crippen molar-refractivity contribution in [1.82, 2.24) is 4.90 Å². The van der Waals surface area contributed by atoms with Gasteiger partial charge in [0.1, 0.15) is 0 Å². The van der Waals surface area contributed by atoms with Crippen LogP contribution in [0.25, 0.3) is 0 Å². The average Bonchev–Trinajstić information content (AvgIpc) is 1.86. The zero-order valence-corrected chi connectivity index (χ0v) is 8.14. The van der Waals surface area contributed by atoms with Crippen LogP contribution in [0.3, 0.4) is 0 Å². The van der Waals surface area contributed by atoms with Gasteiger partial charge in [-0.1, -0.05) is 27.2 Å². The summed E-state index contributed by atoms with van der Waals surface area (Å²) >= 11 is 0. The zero-order valence-electron chi connectivity index (χ0n) is 8.14. The maximum atomic E-state index is 2.60. The molecule has 1 aliphatic heterocycles. The molecule has 1 heterocycles. The van der Waals surface area contributed by atoms with Gasteiger partial charge in [0.15, 0.2) is 0 Å². The van der Waals surface area contributed by atoms with Crippen molar-refractivity contribution < 1.29 is 0 Å². The molecule has 0 saturated carbocycles. The molecule has 2 atom stereocenters. The second kappa shape index (κ2) is 4.10. The maximum Gasteiger partial charge on any atom is 0.0133 e. The summed E-state index contributed by atoms with van der Waals surface area (Å²) in [6.45, 7) is 9.54. The van der Waals surface area contributed by atoms with E-state index in [1.807, 2.05) is 0 Å². The topological polar surface area (TPSA) is 3.24 Å². The summed E-state index contributed by atoms with van der Waals surface area (Å²) in [6, 6.07) is 0.917. The number of hydrogen-bond acceptors (Lipinski definition) is 1. The Labute approximate surface area is 70.8 Å². The second-order valence-corrected chi connectivity index (χ2v) is 3.75. The van der Waals surface area contributed by atoms with Gasteiger partial charge in [0.05, 0.1) is 0 Å². The molecule has 0 aromatic rings. The van der Waals surface area contributed by atoms with Crippen LogP contribution in [0.5, 0.6) is 0 Å². The summed E-state index contributed by atoms with van der Waals surface area (Å²) in [6.07, 6.45) is 4.19. The molecule has 1 nitrogen and oxygen atoms in total. The average molecular weight is 155 g/mol. The predicted molar refractivity (Wildman–Crippen MR) is 49.7 cm³/mol. The summed E-state index contributed by atoms with van der Waals surface area (Å²) in [7, 11) is 0. The van der Waals surface area contributed by atoms with Crippen LogP contribution in [0.2, 0.25) is 0 Å². The van der Waals surface area contributed by atoms with Gasteiger partial charge < -0.3 is 4.90 Å². The van der Waals surface area contributed by atoms with Crippen LogP contribution in [0.15, 0.2) is 0 Å². The Bertz CT molecular complexity index is 109. The molecule has 66 valence electrons. The van der Waals surface area contributed by atoms with E-state index in [1.165, 1.54) is 32.4 Å². The molecule has 0 aromatic heterocycles.